The van der Waals surface area contributed by atoms with E-state index in [1.165, 1.54) is 0 Å². The van der Waals surface area contributed by atoms with Gasteiger partial charge in [-0.1, -0.05) is 0 Å². The Morgan fingerprint density at radius 3 is 2.12 bits per heavy atom. The highest BCUT2D eigenvalue weighted by molar-refractivity contribution is 5.97. The zero-order chi connectivity index (χ0) is 13.4. The Balaban J connectivity index is 4.13. The van der Waals surface area contributed by atoms with E-state index < -0.39 is 43.2 Å². The van der Waals surface area contributed by atoms with Crippen LogP contribution in [0.15, 0.2) is 0 Å². The third kappa shape index (κ3) is 6.10. The summed E-state index contributed by atoms with van der Waals surface area (Å²) in [5.41, 5.74) is 0. The molecule has 0 rings (SSSR count). The molecule has 0 radical (unpaired) electrons. The Bertz CT molecular complexity index is 321. The zero-order valence-corrected chi connectivity index (χ0v) is 8.74. The van der Waals surface area contributed by atoms with Crippen LogP contribution in [0.1, 0.15) is 0 Å². The first-order chi connectivity index (χ1) is 7.88. The van der Waals surface area contributed by atoms with Crippen LogP contribution in [0.4, 0.5) is 0 Å². The molecular weight excluding hydrogens is 240 g/mol. The van der Waals surface area contributed by atoms with Crippen molar-refractivity contribution in [3.63, 3.8) is 0 Å². The summed E-state index contributed by atoms with van der Waals surface area (Å²) in [6, 6.07) is 0. The summed E-state index contributed by atoms with van der Waals surface area (Å²) in [6.07, 6.45) is -1.96. The molecule has 9 heteroatoms. The van der Waals surface area contributed by atoms with E-state index in [-0.39, 0.29) is 0 Å². The van der Waals surface area contributed by atoms with Gasteiger partial charge in [0.15, 0.2) is 6.61 Å². The standard InChI is InChI=1S/C8H10O9/c1-15-8(14)6(7(12)13)17-3-5(11)16-2-4(9)10/h6H,2-3H2,1H3,(H,9,10)(H,12,13). The van der Waals surface area contributed by atoms with Crippen molar-refractivity contribution in [3.05, 3.63) is 0 Å². The van der Waals surface area contributed by atoms with E-state index in [0.717, 1.165) is 7.11 Å². The molecule has 0 aliphatic rings. The average molecular weight is 250 g/mol. The number of hydrogen-bond donors (Lipinski definition) is 2. The smallest absolute Gasteiger partial charge is 0.346 e. The highest BCUT2D eigenvalue weighted by Crippen LogP contribution is 1.96. The van der Waals surface area contributed by atoms with Gasteiger partial charge >= 0.3 is 23.9 Å². The number of esters is 2. The first-order valence-electron chi connectivity index (χ1n) is 4.18. The minimum Gasteiger partial charge on any atom is -0.479 e. The van der Waals surface area contributed by atoms with Gasteiger partial charge < -0.3 is 24.4 Å². The van der Waals surface area contributed by atoms with Crippen LogP contribution in [0, 0.1) is 0 Å². The van der Waals surface area contributed by atoms with E-state index >= 15 is 0 Å². The lowest BCUT2D eigenvalue weighted by Gasteiger charge is -2.10. The summed E-state index contributed by atoms with van der Waals surface area (Å²) in [7, 11) is 0.949. The normalized spacial score (nSPS) is 11.4. The quantitative estimate of drug-likeness (QED) is 0.398. The maximum atomic E-state index is 10.9. The van der Waals surface area contributed by atoms with Gasteiger partial charge in [0.25, 0.3) is 6.10 Å². The average Bonchev–Trinajstić information content (AvgIpc) is 2.25. The molecule has 2 N–H and O–H groups in total. The van der Waals surface area contributed by atoms with Gasteiger partial charge in [0.2, 0.25) is 0 Å². The molecule has 0 amide bonds. The third-order valence-electron chi connectivity index (χ3n) is 1.36. The third-order valence-corrected chi connectivity index (χ3v) is 1.36. The van der Waals surface area contributed by atoms with Crippen LogP contribution in [-0.2, 0) is 33.4 Å². The second kappa shape index (κ2) is 7.17. The van der Waals surface area contributed by atoms with Crippen molar-refractivity contribution < 1.29 is 43.6 Å². The van der Waals surface area contributed by atoms with E-state index in [4.69, 9.17) is 10.2 Å². The van der Waals surface area contributed by atoms with Gasteiger partial charge in [-0.3, -0.25) is 0 Å². The molecule has 0 aromatic rings. The summed E-state index contributed by atoms with van der Waals surface area (Å²) in [4.78, 5) is 42.2. The van der Waals surface area contributed by atoms with Crippen LogP contribution in [0.2, 0.25) is 0 Å². The van der Waals surface area contributed by atoms with E-state index in [2.05, 4.69) is 14.2 Å². The number of carbonyl (C=O) groups is 4. The summed E-state index contributed by atoms with van der Waals surface area (Å²) in [5, 5.41) is 16.7. The van der Waals surface area contributed by atoms with Gasteiger partial charge in [0, 0.05) is 0 Å². The van der Waals surface area contributed by atoms with Crippen LogP contribution >= 0.6 is 0 Å². The Hall–Kier alpha value is -2.16. The zero-order valence-electron chi connectivity index (χ0n) is 8.74. The van der Waals surface area contributed by atoms with Crippen LogP contribution in [0.25, 0.3) is 0 Å². The maximum Gasteiger partial charge on any atom is 0.346 e. The number of rotatable bonds is 7. The van der Waals surface area contributed by atoms with Crippen LogP contribution < -0.4 is 0 Å². The Morgan fingerprint density at radius 2 is 1.71 bits per heavy atom. The lowest BCUT2D eigenvalue weighted by molar-refractivity contribution is -0.173. The number of carbonyl (C=O) groups excluding carboxylic acids is 2. The summed E-state index contributed by atoms with van der Waals surface area (Å²) in [5.74, 6) is -5.31. The first kappa shape index (κ1) is 14.8. The molecule has 0 aliphatic heterocycles. The Kier molecular flexibility index (Phi) is 6.26. The van der Waals surface area contributed by atoms with Crippen molar-refractivity contribution in [1.29, 1.82) is 0 Å². The Morgan fingerprint density at radius 1 is 1.12 bits per heavy atom. The van der Waals surface area contributed by atoms with Crippen LogP contribution in [0.3, 0.4) is 0 Å². The lowest BCUT2D eigenvalue weighted by atomic mass is 10.3. The molecule has 0 bridgehead atoms. The molecular formula is C8H10O9. The van der Waals surface area contributed by atoms with E-state index in [0.29, 0.717) is 0 Å². The van der Waals surface area contributed by atoms with Crippen molar-refractivity contribution in [2.24, 2.45) is 0 Å². The topological polar surface area (TPSA) is 136 Å². The van der Waals surface area contributed by atoms with Crippen molar-refractivity contribution in [1.82, 2.24) is 0 Å². The fourth-order valence-corrected chi connectivity index (χ4v) is 0.682. The Labute approximate surface area is 94.9 Å². The predicted molar refractivity (Wildman–Crippen MR) is 48.0 cm³/mol. The van der Waals surface area contributed by atoms with Crippen LogP contribution in [0.5, 0.6) is 0 Å². The summed E-state index contributed by atoms with van der Waals surface area (Å²) in [6.45, 7) is -1.75. The summed E-state index contributed by atoms with van der Waals surface area (Å²) >= 11 is 0. The molecule has 0 saturated heterocycles. The fourth-order valence-electron chi connectivity index (χ4n) is 0.682. The number of methoxy groups -OCH3 is 1. The number of aliphatic carboxylic acids is 2. The van der Waals surface area contributed by atoms with E-state index in [9.17, 15) is 19.2 Å². The van der Waals surface area contributed by atoms with Gasteiger partial charge in [0.1, 0.15) is 6.61 Å². The molecule has 1 atom stereocenters. The highest BCUT2D eigenvalue weighted by Gasteiger charge is 2.29. The van der Waals surface area contributed by atoms with Gasteiger partial charge in [-0.05, 0) is 0 Å². The molecule has 0 saturated carbocycles. The predicted octanol–water partition coefficient (Wildman–Crippen LogP) is -1.74. The molecule has 96 valence electrons. The fraction of sp³-hybridized carbons (Fsp3) is 0.500. The molecule has 0 aliphatic carbocycles. The van der Waals surface area contributed by atoms with Crippen molar-refractivity contribution in [3.8, 4) is 0 Å². The lowest BCUT2D eigenvalue weighted by Crippen LogP contribution is -2.35. The number of carboxylic acid groups (broad SMARTS) is 2. The number of ether oxygens (including phenoxy) is 3. The second-order valence-corrected chi connectivity index (χ2v) is 2.61. The van der Waals surface area contributed by atoms with Gasteiger partial charge in [-0.15, -0.1) is 0 Å². The highest BCUT2D eigenvalue weighted by atomic mass is 16.6. The summed E-state index contributed by atoms with van der Waals surface area (Å²) < 4.78 is 12.7. The van der Waals surface area contributed by atoms with Gasteiger partial charge in [0.05, 0.1) is 7.11 Å². The molecule has 17 heavy (non-hydrogen) atoms. The molecule has 0 spiro atoms. The van der Waals surface area contributed by atoms with E-state index in [1.807, 2.05) is 0 Å². The molecule has 0 heterocycles. The van der Waals surface area contributed by atoms with Crippen molar-refractivity contribution in [2.45, 2.75) is 6.10 Å². The first-order valence-corrected chi connectivity index (χ1v) is 4.18. The SMILES string of the molecule is COC(=O)C(OCC(=O)OCC(=O)O)C(=O)O. The van der Waals surface area contributed by atoms with Crippen molar-refractivity contribution >= 4 is 23.9 Å². The van der Waals surface area contributed by atoms with Crippen molar-refractivity contribution in [2.75, 3.05) is 20.3 Å². The van der Waals surface area contributed by atoms with Crippen LogP contribution in [-0.4, -0.2) is 60.5 Å². The molecule has 0 fully saturated rings. The molecule has 0 aromatic carbocycles. The monoisotopic (exact) mass is 250 g/mol. The molecule has 9 nitrogen and oxygen atoms in total. The van der Waals surface area contributed by atoms with E-state index in [1.54, 1.807) is 0 Å². The maximum absolute atomic E-state index is 10.9. The number of hydrogen-bond acceptors (Lipinski definition) is 7. The number of carboxylic acids is 2. The minimum absolute atomic E-state index is 0.876. The molecule has 1 unspecified atom stereocenters. The van der Waals surface area contributed by atoms with Gasteiger partial charge in [-0.25, -0.2) is 19.2 Å². The largest absolute Gasteiger partial charge is 0.479 e. The minimum atomic E-state index is -1.96. The second-order valence-electron chi connectivity index (χ2n) is 2.61. The van der Waals surface area contributed by atoms with Gasteiger partial charge in [-0.2, -0.15) is 0 Å². The molecule has 0 aromatic heterocycles.